The molecule has 6 atom stereocenters. The van der Waals surface area contributed by atoms with Crippen LogP contribution in [0.2, 0.25) is 0 Å². The van der Waals surface area contributed by atoms with Crippen LogP contribution in [0.3, 0.4) is 0 Å². The van der Waals surface area contributed by atoms with Crippen molar-refractivity contribution in [2.75, 3.05) is 0 Å². The molecule has 4 unspecified atom stereocenters. The third-order valence-electron chi connectivity index (χ3n) is 7.63. The fourth-order valence-electron chi connectivity index (χ4n) is 6.24. The van der Waals surface area contributed by atoms with Crippen LogP contribution in [-0.2, 0) is 4.79 Å². The molecule has 0 bridgehead atoms. The van der Waals surface area contributed by atoms with Crippen molar-refractivity contribution in [3.8, 4) is 0 Å². The van der Waals surface area contributed by atoms with Crippen LogP contribution in [0.4, 0.5) is 0 Å². The molecule has 3 fully saturated rings. The van der Waals surface area contributed by atoms with E-state index in [0.29, 0.717) is 17.4 Å². The third-order valence-corrected chi connectivity index (χ3v) is 7.63. The van der Waals surface area contributed by atoms with Crippen LogP contribution in [-0.4, -0.2) is 11.8 Å². The van der Waals surface area contributed by atoms with E-state index in [0.717, 1.165) is 18.3 Å². The maximum atomic E-state index is 11.7. The molecule has 21 heavy (non-hydrogen) atoms. The van der Waals surface area contributed by atoms with Gasteiger partial charge in [0.1, 0.15) is 0 Å². The molecule has 4 aliphatic carbocycles. The summed E-state index contributed by atoms with van der Waals surface area (Å²) >= 11 is 0. The Morgan fingerprint density at radius 1 is 1.14 bits per heavy atom. The van der Waals surface area contributed by atoms with Crippen LogP contribution in [0, 0.1) is 28.6 Å². The van der Waals surface area contributed by atoms with E-state index in [-0.39, 0.29) is 11.2 Å². The van der Waals surface area contributed by atoms with Gasteiger partial charge < -0.3 is 5.73 Å². The molecular weight excluding hydrogens is 258 g/mol. The highest BCUT2D eigenvalue weighted by atomic mass is 16.1. The highest BCUT2D eigenvalue weighted by Crippen LogP contribution is 2.64. The van der Waals surface area contributed by atoms with E-state index in [9.17, 15) is 4.79 Å². The quantitative estimate of drug-likeness (QED) is 0.738. The smallest absolute Gasteiger partial charge is 0.178 e. The van der Waals surface area contributed by atoms with Crippen molar-refractivity contribution in [2.45, 2.75) is 58.4 Å². The lowest BCUT2D eigenvalue weighted by Gasteiger charge is -2.56. The Bertz CT molecular complexity index is 548. The van der Waals surface area contributed by atoms with E-state index in [1.165, 1.54) is 37.7 Å². The lowest BCUT2D eigenvalue weighted by atomic mass is 9.48. The maximum absolute atomic E-state index is 11.7. The molecular formula is C19H27NO. The molecule has 0 radical (unpaired) electrons. The first-order valence-corrected chi connectivity index (χ1v) is 8.65. The van der Waals surface area contributed by atoms with Gasteiger partial charge in [-0.2, -0.15) is 0 Å². The normalized spacial score (nSPS) is 52.0. The summed E-state index contributed by atoms with van der Waals surface area (Å²) in [5.41, 5.74) is 8.35. The van der Waals surface area contributed by atoms with Crippen LogP contribution in [0.25, 0.3) is 0 Å². The van der Waals surface area contributed by atoms with Gasteiger partial charge in [-0.25, -0.2) is 0 Å². The second kappa shape index (κ2) is 4.32. The van der Waals surface area contributed by atoms with Crippen LogP contribution >= 0.6 is 0 Å². The van der Waals surface area contributed by atoms with Crippen molar-refractivity contribution in [3.05, 3.63) is 23.8 Å². The number of carbonyl (C=O) groups is 1. The summed E-state index contributed by atoms with van der Waals surface area (Å²) in [6.07, 6.45) is 13.4. The topological polar surface area (TPSA) is 43.1 Å². The Kier molecular flexibility index (Phi) is 2.83. The number of hydrogen-bond donors (Lipinski definition) is 1. The second-order valence-corrected chi connectivity index (χ2v) is 8.33. The van der Waals surface area contributed by atoms with Gasteiger partial charge in [0.05, 0.1) is 0 Å². The summed E-state index contributed by atoms with van der Waals surface area (Å²) in [7, 11) is 0. The molecule has 0 aliphatic heterocycles. The summed E-state index contributed by atoms with van der Waals surface area (Å²) in [5.74, 6) is 2.50. The summed E-state index contributed by atoms with van der Waals surface area (Å²) in [6.45, 7) is 4.82. The van der Waals surface area contributed by atoms with Gasteiger partial charge in [0, 0.05) is 11.5 Å². The Labute approximate surface area is 127 Å². The summed E-state index contributed by atoms with van der Waals surface area (Å²) in [6, 6.07) is 0.400. The molecule has 0 aromatic carbocycles. The average molecular weight is 285 g/mol. The second-order valence-electron chi connectivity index (χ2n) is 8.33. The summed E-state index contributed by atoms with van der Waals surface area (Å²) < 4.78 is 0. The predicted octanol–water partition coefficient (Wildman–Crippen LogP) is 3.62. The number of fused-ring (bicyclic) bond motifs is 5. The standard InChI is InChI=1S/C19H27NO/c1-18-9-7-13(21)11-12(18)3-4-14-15-5-6-17(20)19(15,2)10-8-16(14)18/h7,9,11,14-17H,3-6,8,10,20H2,1-2H3/t14?,15?,16?,17?,18-,19-/m0/s1. The minimum Gasteiger partial charge on any atom is -0.327 e. The van der Waals surface area contributed by atoms with Gasteiger partial charge in [-0.15, -0.1) is 0 Å². The Morgan fingerprint density at radius 3 is 2.76 bits per heavy atom. The zero-order chi connectivity index (χ0) is 14.8. The fourth-order valence-corrected chi connectivity index (χ4v) is 6.24. The molecule has 2 nitrogen and oxygen atoms in total. The Hall–Kier alpha value is -0.890. The molecule has 0 spiro atoms. The lowest BCUT2D eigenvalue weighted by Crippen LogP contribution is -2.51. The zero-order valence-corrected chi connectivity index (χ0v) is 13.3. The molecule has 2 N–H and O–H groups in total. The van der Waals surface area contributed by atoms with Crippen molar-refractivity contribution >= 4 is 5.78 Å². The number of rotatable bonds is 0. The van der Waals surface area contributed by atoms with E-state index < -0.39 is 0 Å². The summed E-state index contributed by atoms with van der Waals surface area (Å²) in [4.78, 5) is 11.7. The molecule has 3 saturated carbocycles. The molecule has 0 amide bonds. The molecule has 4 rings (SSSR count). The molecule has 0 saturated heterocycles. The third kappa shape index (κ3) is 1.72. The minimum absolute atomic E-state index is 0.130. The molecule has 4 aliphatic rings. The number of ketones is 1. The SMILES string of the molecule is C[C@]12CCC3C(CCC4=CC(=O)C=C[C@@]43C)C1CCC2N. The first-order valence-electron chi connectivity index (χ1n) is 8.65. The molecule has 0 aromatic heterocycles. The van der Waals surface area contributed by atoms with Crippen LogP contribution < -0.4 is 5.73 Å². The first kappa shape index (κ1) is 13.8. The van der Waals surface area contributed by atoms with E-state index in [1.807, 2.05) is 6.08 Å². The van der Waals surface area contributed by atoms with E-state index >= 15 is 0 Å². The van der Waals surface area contributed by atoms with Crippen LogP contribution in [0.1, 0.15) is 52.4 Å². The fraction of sp³-hybridized carbons (Fsp3) is 0.737. The largest absolute Gasteiger partial charge is 0.327 e. The number of allylic oxidation sites excluding steroid dienone is 4. The predicted molar refractivity (Wildman–Crippen MR) is 84.6 cm³/mol. The van der Waals surface area contributed by atoms with Crippen molar-refractivity contribution in [3.63, 3.8) is 0 Å². The van der Waals surface area contributed by atoms with Crippen molar-refractivity contribution in [1.29, 1.82) is 0 Å². The van der Waals surface area contributed by atoms with Gasteiger partial charge in [-0.1, -0.05) is 25.5 Å². The zero-order valence-electron chi connectivity index (χ0n) is 13.3. The van der Waals surface area contributed by atoms with Gasteiger partial charge in [-0.05, 0) is 73.8 Å². The lowest BCUT2D eigenvalue weighted by molar-refractivity contribution is -0.111. The Morgan fingerprint density at radius 2 is 1.95 bits per heavy atom. The van der Waals surface area contributed by atoms with Crippen LogP contribution in [0.5, 0.6) is 0 Å². The molecule has 114 valence electrons. The van der Waals surface area contributed by atoms with E-state index in [1.54, 1.807) is 6.08 Å². The van der Waals surface area contributed by atoms with Crippen LogP contribution in [0.15, 0.2) is 23.8 Å². The number of nitrogens with two attached hydrogens (primary N) is 1. The Balaban J connectivity index is 1.70. The van der Waals surface area contributed by atoms with Gasteiger partial charge >= 0.3 is 0 Å². The summed E-state index contributed by atoms with van der Waals surface area (Å²) in [5, 5.41) is 0. The first-order chi connectivity index (χ1) is 9.95. The number of hydrogen-bond acceptors (Lipinski definition) is 2. The molecule has 2 heteroatoms. The van der Waals surface area contributed by atoms with E-state index in [2.05, 4.69) is 19.9 Å². The van der Waals surface area contributed by atoms with Gasteiger partial charge in [0.2, 0.25) is 0 Å². The average Bonchev–Trinajstić information content (AvgIpc) is 2.76. The maximum Gasteiger partial charge on any atom is 0.178 e. The van der Waals surface area contributed by atoms with E-state index in [4.69, 9.17) is 5.73 Å². The van der Waals surface area contributed by atoms with Gasteiger partial charge in [0.25, 0.3) is 0 Å². The van der Waals surface area contributed by atoms with Gasteiger partial charge in [-0.3, -0.25) is 4.79 Å². The molecule has 0 aromatic rings. The highest BCUT2D eigenvalue weighted by Gasteiger charge is 2.57. The van der Waals surface area contributed by atoms with Gasteiger partial charge in [0.15, 0.2) is 5.78 Å². The monoisotopic (exact) mass is 285 g/mol. The number of carbonyl (C=O) groups excluding carboxylic acids is 1. The van der Waals surface area contributed by atoms with Crippen molar-refractivity contribution in [1.82, 2.24) is 0 Å². The van der Waals surface area contributed by atoms with Crippen molar-refractivity contribution < 1.29 is 4.79 Å². The minimum atomic E-state index is 0.130. The van der Waals surface area contributed by atoms with Crippen molar-refractivity contribution in [2.24, 2.45) is 34.3 Å². The molecule has 0 heterocycles. The highest BCUT2D eigenvalue weighted by molar-refractivity contribution is 6.01.